The number of aromatic nitrogens is 4. The Balaban J connectivity index is 2.04. The van der Waals surface area contributed by atoms with E-state index in [1.165, 1.54) is 17.2 Å². The van der Waals surface area contributed by atoms with E-state index in [-0.39, 0.29) is 5.82 Å². The molecule has 3 rings (SSSR count). The minimum Gasteiger partial charge on any atom is -0.394 e. The van der Waals surface area contributed by atoms with Crippen molar-refractivity contribution in [1.29, 1.82) is 0 Å². The van der Waals surface area contributed by atoms with Gasteiger partial charge in [-0.05, 0) is 0 Å². The van der Waals surface area contributed by atoms with Crippen molar-refractivity contribution in [2.45, 2.75) is 17.9 Å². The van der Waals surface area contributed by atoms with Gasteiger partial charge in [0, 0.05) is 0 Å². The van der Waals surface area contributed by atoms with E-state index in [0.717, 1.165) is 0 Å². The second-order valence-electron chi connectivity index (χ2n) is 4.39. The number of rotatable bonds is 3. The Labute approximate surface area is 107 Å². The van der Waals surface area contributed by atoms with Crippen LogP contribution in [0.15, 0.2) is 12.7 Å². The van der Waals surface area contributed by atoms with Gasteiger partial charge < -0.3 is 25.8 Å². The smallest absolute Gasteiger partial charge is 0.170 e. The average Bonchev–Trinajstić information content (AvgIpc) is 2.82. The van der Waals surface area contributed by atoms with E-state index in [1.807, 2.05) is 0 Å². The second kappa shape index (κ2) is 4.10. The Morgan fingerprint density at radius 3 is 2.84 bits per heavy atom. The van der Waals surface area contributed by atoms with Crippen molar-refractivity contribution in [3.8, 4) is 0 Å². The van der Waals surface area contributed by atoms with Crippen LogP contribution in [-0.2, 0) is 4.74 Å². The number of hydrogen-bond acceptors (Lipinski definition) is 8. The number of nitrogens with two attached hydrogens (primary N) is 1. The molecule has 0 radical (unpaired) electrons. The first-order chi connectivity index (χ1) is 9.11. The van der Waals surface area contributed by atoms with E-state index in [1.54, 1.807) is 0 Å². The highest BCUT2D eigenvalue weighted by Crippen LogP contribution is 2.41. The van der Waals surface area contributed by atoms with Gasteiger partial charge in [0.2, 0.25) is 0 Å². The molecule has 0 spiro atoms. The van der Waals surface area contributed by atoms with Gasteiger partial charge in [-0.1, -0.05) is 0 Å². The van der Waals surface area contributed by atoms with Crippen molar-refractivity contribution < 1.29 is 20.1 Å². The van der Waals surface area contributed by atoms with Gasteiger partial charge in [0.05, 0.1) is 19.5 Å². The van der Waals surface area contributed by atoms with E-state index in [4.69, 9.17) is 15.6 Å². The molecular formula is C10H13N5O4. The first-order valence-electron chi connectivity index (χ1n) is 5.64. The Kier molecular flexibility index (Phi) is 2.64. The van der Waals surface area contributed by atoms with Crippen LogP contribution in [0.4, 0.5) is 5.82 Å². The van der Waals surface area contributed by atoms with Crippen molar-refractivity contribution in [3.63, 3.8) is 0 Å². The molecular weight excluding hydrogens is 254 g/mol. The molecule has 19 heavy (non-hydrogen) atoms. The number of hydrogen-bond donors (Lipinski definition) is 4. The molecule has 2 aromatic rings. The molecule has 3 heterocycles. The standard InChI is InChI=1S/C10H13N5O4/c11-7-6-8(13-3-12-7)15(4-14-6)9-10(18,2-17)5(1-16)19-9/h3-5,9,16-18H,1-2H2,(H2,11,12,13)/t5-,9-,10-/m1/s1. The third-order valence-corrected chi connectivity index (χ3v) is 3.34. The van der Waals surface area contributed by atoms with Crippen molar-refractivity contribution in [2.24, 2.45) is 0 Å². The largest absolute Gasteiger partial charge is 0.394 e. The monoisotopic (exact) mass is 267 g/mol. The Morgan fingerprint density at radius 2 is 2.16 bits per heavy atom. The lowest BCUT2D eigenvalue weighted by Crippen LogP contribution is -2.65. The summed E-state index contributed by atoms with van der Waals surface area (Å²) in [6.07, 6.45) is 0.943. The highest BCUT2D eigenvalue weighted by atomic mass is 16.6. The third kappa shape index (κ3) is 1.53. The summed E-state index contributed by atoms with van der Waals surface area (Å²) in [6.45, 7) is -0.944. The van der Waals surface area contributed by atoms with Crippen LogP contribution >= 0.6 is 0 Å². The van der Waals surface area contributed by atoms with Gasteiger partial charge in [-0.25, -0.2) is 15.0 Å². The zero-order valence-corrected chi connectivity index (χ0v) is 9.84. The summed E-state index contributed by atoms with van der Waals surface area (Å²) in [5.74, 6) is 0.217. The Bertz CT molecular complexity index is 617. The lowest BCUT2D eigenvalue weighted by atomic mass is 9.89. The van der Waals surface area contributed by atoms with Gasteiger partial charge in [0.25, 0.3) is 0 Å². The molecule has 102 valence electrons. The van der Waals surface area contributed by atoms with Crippen LogP contribution < -0.4 is 5.73 Å². The summed E-state index contributed by atoms with van der Waals surface area (Å²) in [5, 5.41) is 28.6. The molecule has 5 N–H and O–H groups in total. The number of imidazole rings is 1. The summed E-state index contributed by atoms with van der Waals surface area (Å²) in [6, 6.07) is 0. The van der Waals surface area contributed by atoms with E-state index >= 15 is 0 Å². The second-order valence-corrected chi connectivity index (χ2v) is 4.39. The van der Waals surface area contributed by atoms with E-state index in [9.17, 15) is 10.2 Å². The van der Waals surface area contributed by atoms with Gasteiger partial charge in [-0.3, -0.25) is 4.57 Å². The van der Waals surface area contributed by atoms with Gasteiger partial charge in [0.15, 0.2) is 23.3 Å². The first-order valence-corrected chi connectivity index (χ1v) is 5.64. The van der Waals surface area contributed by atoms with Gasteiger partial charge in [-0.2, -0.15) is 0 Å². The molecule has 0 bridgehead atoms. The topological polar surface area (TPSA) is 140 Å². The van der Waals surface area contributed by atoms with Crippen LogP contribution in [-0.4, -0.2) is 59.8 Å². The highest BCUT2D eigenvalue weighted by Gasteiger charge is 2.57. The molecule has 1 fully saturated rings. The minimum atomic E-state index is -1.58. The van der Waals surface area contributed by atoms with Crippen LogP contribution in [0.1, 0.15) is 6.23 Å². The van der Waals surface area contributed by atoms with Crippen LogP contribution in [0.25, 0.3) is 11.2 Å². The molecule has 2 aromatic heterocycles. The molecule has 9 heteroatoms. The number of ether oxygens (including phenoxy) is 1. The number of nitrogen functional groups attached to an aromatic ring is 1. The van der Waals surface area contributed by atoms with Crippen molar-refractivity contribution >= 4 is 17.0 Å². The SMILES string of the molecule is Nc1ncnc2c1ncn2[C@@H]1O[C@H](CO)[C@]1(O)CO. The number of aliphatic hydroxyl groups is 3. The van der Waals surface area contributed by atoms with Crippen LogP contribution in [0.2, 0.25) is 0 Å². The van der Waals surface area contributed by atoms with Gasteiger partial charge in [-0.15, -0.1) is 0 Å². The van der Waals surface area contributed by atoms with Crippen LogP contribution in [0.3, 0.4) is 0 Å². The molecule has 1 aliphatic heterocycles. The molecule has 0 unspecified atom stereocenters. The predicted octanol–water partition coefficient (Wildman–Crippen LogP) is -1.98. The predicted molar refractivity (Wildman–Crippen MR) is 62.8 cm³/mol. The Morgan fingerprint density at radius 1 is 1.37 bits per heavy atom. The van der Waals surface area contributed by atoms with Gasteiger partial charge >= 0.3 is 0 Å². The summed E-state index contributed by atoms with van der Waals surface area (Å²) in [4.78, 5) is 11.9. The fraction of sp³-hybridized carbons (Fsp3) is 0.500. The fourth-order valence-corrected chi connectivity index (χ4v) is 2.21. The molecule has 1 saturated heterocycles. The third-order valence-electron chi connectivity index (χ3n) is 3.34. The maximum Gasteiger partial charge on any atom is 0.170 e. The summed E-state index contributed by atoms with van der Waals surface area (Å²) in [5.41, 5.74) is 4.86. The lowest BCUT2D eigenvalue weighted by molar-refractivity contribution is -0.337. The highest BCUT2D eigenvalue weighted by molar-refractivity contribution is 5.81. The summed E-state index contributed by atoms with van der Waals surface area (Å²) < 4.78 is 6.80. The quantitative estimate of drug-likeness (QED) is 0.501. The van der Waals surface area contributed by atoms with E-state index in [0.29, 0.717) is 11.2 Å². The maximum atomic E-state index is 10.3. The number of fused-ring (bicyclic) bond motifs is 1. The average molecular weight is 267 g/mol. The summed E-state index contributed by atoms with van der Waals surface area (Å²) in [7, 11) is 0. The molecule has 1 aliphatic rings. The zero-order valence-electron chi connectivity index (χ0n) is 9.84. The van der Waals surface area contributed by atoms with E-state index in [2.05, 4.69) is 15.0 Å². The summed E-state index contributed by atoms with van der Waals surface area (Å²) >= 11 is 0. The minimum absolute atomic E-state index is 0.217. The molecule has 0 aliphatic carbocycles. The number of nitrogens with zero attached hydrogens (tertiary/aromatic N) is 4. The number of aliphatic hydroxyl groups excluding tert-OH is 2. The molecule has 9 nitrogen and oxygen atoms in total. The van der Waals surface area contributed by atoms with E-state index < -0.39 is 31.1 Å². The van der Waals surface area contributed by atoms with Crippen molar-refractivity contribution in [1.82, 2.24) is 19.5 Å². The molecule has 0 saturated carbocycles. The Hall–Kier alpha value is -1.81. The first kappa shape index (κ1) is 12.2. The molecule has 0 aromatic carbocycles. The molecule has 0 amide bonds. The van der Waals surface area contributed by atoms with Gasteiger partial charge in [0.1, 0.15) is 17.9 Å². The molecule has 3 atom stereocenters. The van der Waals surface area contributed by atoms with Crippen molar-refractivity contribution in [3.05, 3.63) is 12.7 Å². The fourth-order valence-electron chi connectivity index (χ4n) is 2.21. The lowest BCUT2D eigenvalue weighted by Gasteiger charge is -2.50. The zero-order chi connectivity index (χ0) is 13.6. The van der Waals surface area contributed by atoms with Crippen LogP contribution in [0.5, 0.6) is 0 Å². The normalized spacial score (nSPS) is 30.5. The number of anilines is 1. The van der Waals surface area contributed by atoms with Crippen molar-refractivity contribution in [2.75, 3.05) is 18.9 Å². The van der Waals surface area contributed by atoms with Crippen LogP contribution in [0, 0.1) is 0 Å². The maximum absolute atomic E-state index is 10.3.